The van der Waals surface area contributed by atoms with Crippen LogP contribution < -0.4 is 34.0 Å². The molecule has 0 fully saturated rings. The van der Waals surface area contributed by atoms with E-state index < -0.39 is 0 Å². The van der Waals surface area contributed by atoms with Gasteiger partial charge in [0.05, 0.1) is 0 Å². The summed E-state index contributed by atoms with van der Waals surface area (Å²) in [6.07, 6.45) is 2.18. The van der Waals surface area contributed by atoms with Crippen LogP contribution in [0.4, 0.5) is 0 Å². The number of hydrogen-bond donors (Lipinski definition) is 0. The summed E-state index contributed by atoms with van der Waals surface area (Å²) in [6, 6.07) is 25.2. The van der Waals surface area contributed by atoms with Crippen LogP contribution >= 0.6 is 0 Å². The van der Waals surface area contributed by atoms with Crippen molar-refractivity contribution in [3.05, 3.63) is 90.3 Å². The topological polar surface area (TPSA) is 4.93 Å². The third-order valence-corrected chi connectivity index (χ3v) is 3.59. The van der Waals surface area contributed by atoms with E-state index in [4.69, 9.17) is 0 Å². The number of fused-ring (bicyclic) bond motifs is 1. The minimum absolute atomic E-state index is 0. The fourth-order valence-corrected chi connectivity index (χ4v) is 2.61. The molecule has 0 atom stereocenters. The molecule has 1 aromatic heterocycles. The van der Waals surface area contributed by atoms with Crippen LogP contribution in [0.5, 0.6) is 0 Å². The first kappa shape index (κ1) is 23.3. The molecule has 0 amide bonds. The second-order valence-electron chi connectivity index (χ2n) is 5.33. The van der Waals surface area contributed by atoms with Gasteiger partial charge < -0.3 is 38.5 Å². The second kappa shape index (κ2) is 11.0. The van der Waals surface area contributed by atoms with Gasteiger partial charge in [0.25, 0.3) is 0 Å². The monoisotopic (exact) mass is 521 g/mol. The molecule has 0 bridgehead atoms. The van der Waals surface area contributed by atoms with E-state index in [0.717, 1.165) is 0 Å². The average Bonchev–Trinajstić information content (AvgIpc) is 3.19. The molecule has 4 heteroatoms. The maximum atomic E-state index is 2.25. The number of hydrogen-bond acceptors (Lipinski definition) is 0. The first-order valence-corrected chi connectivity index (χ1v) is 7.22. The summed E-state index contributed by atoms with van der Waals surface area (Å²) in [7, 11) is 0. The molecule has 122 valence electrons. The van der Waals surface area contributed by atoms with Crippen LogP contribution in [0, 0.1) is 13.8 Å². The van der Waals surface area contributed by atoms with Crippen LogP contribution in [0.25, 0.3) is 16.5 Å². The van der Waals surface area contributed by atoms with E-state index >= 15 is 0 Å². The zero-order valence-electron chi connectivity index (χ0n) is 13.7. The Morgan fingerprint density at radius 2 is 1.54 bits per heavy atom. The Labute approximate surface area is 184 Å². The number of rotatable bonds is 1. The largest absolute Gasteiger partial charge is 4.00 e. The minimum atomic E-state index is 0. The molecule has 1 heterocycles. The van der Waals surface area contributed by atoms with Gasteiger partial charge in [-0.25, -0.2) is 12.1 Å². The number of aromatic nitrogens is 1. The van der Waals surface area contributed by atoms with Gasteiger partial charge in [-0.15, -0.1) is 41.1 Å². The molecule has 0 saturated carbocycles. The molecule has 1 nitrogen and oxygen atoms in total. The third-order valence-electron chi connectivity index (χ3n) is 3.59. The quantitative estimate of drug-likeness (QED) is 0.293. The molecule has 24 heavy (non-hydrogen) atoms. The molecule has 0 aliphatic heterocycles. The maximum Gasteiger partial charge on any atom is 4.00 e. The molecule has 4 rings (SSSR count). The van der Waals surface area contributed by atoms with Crippen LogP contribution in [0.3, 0.4) is 0 Å². The van der Waals surface area contributed by atoms with Gasteiger partial charge in [0.2, 0.25) is 0 Å². The number of aryl methyl sites for hydroxylation is 2. The van der Waals surface area contributed by atoms with Crippen molar-refractivity contribution in [3.63, 3.8) is 0 Å². The summed E-state index contributed by atoms with van der Waals surface area (Å²) in [4.78, 5) is 0. The van der Waals surface area contributed by atoms with Crippen molar-refractivity contribution in [3.8, 4) is 5.69 Å². The Morgan fingerprint density at radius 1 is 0.875 bits per heavy atom. The summed E-state index contributed by atoms with van der Waals surface area (Å²) >= 11 is 0. The van der Waals surface area contributed by atoms with Crippen molar-refractivity contribution in [2.45, 2.75) is 13.8 Å². The molecular formula is C20H19Br2NZr. The smallest absolute Gasteiger partial charge is 1.00 e. The Bertz CT molecular complexity index is 778. The Hall–Kier alpha value is -0.697. The molecule has 0 unspecified atom stereocenters. The van der Waals surface area contributed by atoms with E-state index in [9.17, 15) is 0 Å². The van der Waals surface area contributed by atoms with Gasteiger partial charge in [-0.1, -0.05) is 6.07 Å². The first-order valence-electron chi connectivity index (χ1n) is 7.22. The molecular weight excluding hydrogens is 505 g/mol. The maximum absolute atomic E-state index is 2.25. The Morgan fingerprint density at radius 3 is 2.04 bits per heavy atom. The average molecular weight is 524 g/mol. The number of benzene rings is 1. The van der Waals surface area contributed by atoms with Crippen molar-refractivity contribution >= 4 is 10.8 Å². The van der Waals surface area contributed by atoms with Crippen molar-refractivity contribution < 1.29 is 60.2 Å². The molecule has 0 saturated heterocycles. The van der Waals surface area contributed by atoms with E-state index in [1.54, 1.807) is 0 Å². The molecule has 0 aliphatic rings. The van der Waals surface area contributed by atoms with Gasteiger partial charge in [-0.05, 0) is 31.2 Å². The van der Waals surface area contributed by atoms with Gasteiger partial charge in [-0.3, -0.25) is 0 Å². The van der Waals surface area contributed by atoms with E-state index in [1.165, 1.54) is 27.7 Å². The van der Waals surface area contributed by atoms with Crippen LogP contribution in [0.2, 0.25) is 0 Å². The Kier molecular flexibility index (Phi) is 10.7. The number of halogens is 2. The summed E-state index contributed by atoms with van der Waals surface area (Å²) in [5, 5.41) is 2.62. The zero-order chi connectivity index (χ0) is 14.7. The van der Waals surface area contributed by atoms with E-state index in [0.29, 0.717) is 0 Å². The van der Waals surface area contributed by atoms with Crippen molar-refractivity contribution in [1.82, 2.24) is 4.57 Å². The van der Waals surface area contributed by atoms with Gasteiger partial charge >= 0.3 is 26.2 Å². The summed E-state index contributed by atoms with van der Waals surface area (Å²) in [6.45, 7) is 4.27. The molecule has 3 aromatic carbocycles. The Balaban J connectivity index is 0.000000578. The molecule has 0 radical (unpaired) electrons. The van der Waals surface area contributed by atoms with Crippen molar-refractivity contribution in [1.29, 1.82) is 0 Å². The standard InChI is InChI=1S/C15H14N.C5H5.2BrH.Zr/c1-11-7-12(2)16(10-11)15-8-13-5-3-4-6-14(13)9-15;1-2-4-5-3-1;;;/h3-10H,1-2H3;1-5H;2*1H;/q2*-1;;;+4/p-2. The summed E-state index contributed by atoms with van der Waals surface area (Å²) in [5.74, 6) is 0. The first-order chi connectivity index (χ1) is 10.2. The van der Waals surface area contributed by atoms with Crippen molar-refractivity contribution in [2.75, 3.05) is 0 Å². The van der Waals surface area contributed by atoms with Crippen LogP contribution in [-0.2, 0) is 26.2 Å². The molecule has 0 aliphatic carbocycles. The van der Waals surface area contributed by atoms with E-state index in [-0.39, 0.29) is 60.2 Å². The third kappa shape index (κ3) is 5.68. The predicted octanol–water partition coefficient (Wildman–Crippen LogP) is -0.623. The summed E-state index contributed by atoms with van der Waals surface area (Å²) in [5.41, 5.74) is 3.85. The molecule has 4 aromatic rings. The minimum Gasteiger partial charge on any atom is -1.00 e. The second-order valence-corrected chi connectivity index (χ2v) is 5.33. The van der Waals surface area contributed by atoms with E-state index in [2.05, 4.69) is 67.1 Å². The molecule has 0 spiro atoms. The van der Waals surface area contributed by atoms with Gasteiger partial charge in [-0.2, -0.15) is 18.2 Å². The van der Waals surface area contributed by atoms with Crippen molar-refractivity contribution in [2.24, 2.45) is 0 Å². The van der Waals surface area contributed by atoms with Gasteiger partial charge in [0, 0.05) is 11.9 Å². The predicted molar refractivity (Wildman–Crippen MR) is 90.4 cm³/mol. The summed E-state index contributed by atoms with van der Waals surface area (Å²) < 4.78 is 2.25. The molecule has 0 N–H and O–H groups in total. The van der Waals surface area contributed by atoms with Crippen LogP contribution in [0.1, 0.15) is 11.3 Å². The van der Waals surface area contributed by atoms with Crippen LogP contribution in [-0.4, -0.2) is 4.57 Å². The van der Waals surface area contributed by atoms with Gasteiger partial charge in [0.1, 0.15) is 0 Å². The normalized spacial score (nSPS) is 9.08. The fourth-order valence-electron chi connectivity index (χ4n) is 2.61. The SMILES string of the molecule is Cc1cc(C)n(-c2cc3ccccc3[cH-]2)c1.[Br-].[Br-].[Zr+4].c1cc[cH-]c1. The van der Waals surface area contributed by atoms with E-state index in [1.807, 2.05) is 30.3 Å². The van der Waals surface area contributed by atoms with Gasteiger partial charge in [0.15, 0.2) is 0 Å². The fraction of sp³-hybridized carbons (Fsp3) is 0.100. The zero-order valence-corrected chi connectivity index (χ0v) is 19.3. The number of nitrogens with zero attached hydrogens (tertiary/aromatic N) is 1. The van der Waals surface area contributed by atoms with Crippen LogP contribution in [0.15, 0.2) is 79.0 Å².